The zero-order chi connectivity index (χ0) is 24.7. The zero-order valence-electron chi connectivity index (χ0n) is 19.5. The van der Waals surface area contributed by atoms with E-state index in [4.69, 9.17) is 9.47 Å². The molecule has 1 fully saturated rings. The summed E-state index contributed by atoms with van der Waals surface area (Å²) in [5, 5.41) is 21.2. The first kappa shape index (κ1) is 24.1. The molecule has 2 heterocycles. The van der Waals surface area contributed by atoms with Crippen molar-refractivity contribution >= 4 is 15.9 Å². The fraction of sp³-hybridized carbons (Fsp3) is 0.480. The molecule has 2 aromatic carbocycles. The number of nitrogens with one attached hydrogen (secondary N) is 1. The standard InChI is InChI=1S/C25H30N2O7S/c1-35(31,32)26-18-8-4-5-9-19(18)27-23(15-10-11-20-21(14-15)34-13-12-33-20)22(25(29)30)16-6-2-3-7-17(16)24(27)28/h2-3,6-7,10-11,14,18-19,22-23,25-26,29-30H,4-5,8-9,12-13H2,1H3. The molecule has 0 spiro atoms. The van der Waals surface area contributed by atoms with Crippen molar-refractivity contribution in [2.45, 2.75) is 56.0 Å². The normalized spacial score (nSPS) is 26.5. The monoisotopic (exact) mass is 502 g/mol. The van der Waals surface area contributed by atoms with Crippen LogP contribution < -0.4 is 14.2 Å². The second-order valence-electron chi connectivity index (χ2n) is 9.44. The quantitative estimate of drug-likeness (QED) is 0.534. The van der Waals surface area contributed by atoms with Gasteiger partial charge in [-0.25, -0.2) is 13.1 Å². The Labute approximate surface area is 204 Å². The van der Waals surface area contributed by atoms with Gasteiger partial charge >= 0.3 is 0 Å². The summed E-state index contributed by atoms with van der Waals surface area (Å²) in [6.45, 7) is 0.828. The van der Waals surface area contributed by atoms with E-state index in [1.807, 2.05) is 6.07 Å². The van der Waals surface area contributed by atoms with Crippen LogP contribution in [-0.2, 0) is 10.0 Å². The first-order valence-electron chi connectivity index (χ1n) is 11.9. The van der Waals surface area contributed by atoms with Crippen molar-refractivity contribution in [2.75, 3.05) is 19.5 Å². The Kier molecular flexibility index (Phi) is 6.47. The number of aliphatic hydroxyl groups is 2. The summed E-state index contributed by atoms with van der Waals surface area (Å²) in [5.74, 6) is 0.0157. The van der Waals surface area contributed by atoms with Gasteiger partial charge < -0.3 is 24.6 Å². The van der Waals surface area contributed by atoms with Gasteiger partial charge in [0.05, 0.1) is 18.2 Å². The number of carbonyl (C=O) groups excluding carboxylic acids is 1. The van der Waals surface area contributed by atoms with Gasteiger partial charge in [0.1, 0.15) is 13.2 Å². The second kappa shape index (κ2) is 9.42. The number of fused-ring (bicyclic) bond motifs is 2. The summed E-state index contributed by atoms with van der Waals surface area (Å²) < 4.78 is 38.5. The lowest BCUT2D eigenvalue weighted by atomic mass is 9.76. The van der Waals surface area contributed by atoms with Crippen molar-refractivity contribution < 1.29 is 32.9 Å². The van der Waals surface area contributed by atoms with E-state index >= 15 is 0 Å². The average molecular weight is 503 g/mol. The molecule has 1 aliphatic carbocycles. The van der Waals surface area contributed by atoms with Crippen molar-refractivity contribution in [3.8, 4) is 11.5 Å². The summed E-state index contributed by atoms with van der Waals surface area (Å²) in [6.07, 6.45) is 2.21. The minimum Gasteiger partial charge on any atom is -0.486 e. The molecule has 0 saturated heterocycles. The van der Waals surface area contributed by atoms with Gasteiger partial charge in [-0.2, -0.15) is 0 Å². The first-order valence-corrected chi connectivity index (χ1v) is 13.8. The van der Waals surface area contributed by atoms with E-state index in [9.17, 15) is 23.4 Å². The van der Waals surface area contributed by atoms with E-state index in [0.717, 1.165) is 19.1 Å². The van der Waals surface area contributed by atoms with Crippen LogP contribution in [0.2, 0.25) is 0 Å². The number of ether oxygens (including phenoxy) is 2. The molecule has 4 atom stereocenters. The third-order valence-electron chi connectivity index (χ3n) is 7.11. The number of rotatable bonds is 5. The van der Waals surface area contributed by atoms with Gasteiger partial charge in [0.2, 0.25) is 10.0 Å². The second-order valence-corrected chi connectivity index (χ2v) is 11.2. The van der Waals surface area contributed by atoms with Crippen molar-refractivity contribution in [2.24, 2.45) is 0 Å². The SMILES string of the molecule is CS(=O)(=O)NC1CCCCC1N1C(=O)c2ccccc2C(C(O)O)C1c1ccc2c(c1)OCCO2. The Morgan fingerprint density at radius 2 is 1.74 bits per heavy atom. The highest BCUT2D eigenvalue weighted by molar-refractivity contribution is 7.88. The van der Waals surface area contributed by atoms with Crippen molar-refractivity contribution in [1.29, 1.82) is 0 Å². The van der Waals surface area contributed by atoms with Crippen LogP contribution in [-0.4, -0.2) is 67.3 Å². The molecular weight excluding hydrogens is 472 g/mol. The van der Waals surface area contributed by atoms with Crippen molar-refractivity contribution in [3.63, 3.8) is 0 Å². The third-order valence-corrected chi connectivity index (χ3v) is 7.84. The minimum absolute atomic E-state index is 0.260. The number of sulfonamides is 1. The fourth-order valence-corrected chi connectivity index (χ4v) is 6.56. The van der Waals surface area contributed by atoms with Gasteiger partial charge in [-0.05, 0) is 42.2 Å². The predicted octanol–water partition coefficient (Wildman–Crippen LogP) is 1.91. The number of amides is 1. The van der Waals surface area contributed by atoms with Gasteiger partial charge in [-0.15, -0.1) is 0 Å². The first-order chi connectivity index (χ1) is 16.7. The summed E-state index contributed by atoms with van der Waals surface area (Å²) in [6, 6.07) is 10.6. The Morgan fingerprint density at radius 1 is 1.03 bits per heavy atom. The summed E-state index contributed by atoms with van der Waals surface area (Å²) in [5.41, 5.74) is 1.61. The Balaban J connectivity index is 1.67. The van der Waals surface area contributed by atoms with Crippen molar-refractivity contribution in [3.05, 3.63) is 59.2 Å². The topological polar surface area (TPSA) is 125 Å². The average Bonchev–Trinajstić information content (AvgIpc) is 2.83. The molecular formula is C25H30N2O7S. The smallest absolute Gasteiger partial charge is 0.254 e. The van der Waals surface area contributed by atoms with Gasteiger partial charge in [-0.1, -0.05) is 37.1 Å². The van der Waals surface area contributed by atoms with Crippen LogP contribution >= 0.6 is 0 Å². The molecule has 2 aliphatic heterocycles. The van der Waals surface area contributed by atoms with E-state index in [-0.39, 0.29) is 5.91 Å². The summed E-state index contributed by atoms with van der Waals surface area (Å²) in [4.78, 5) is 15.7. The lowest BCUT2D eigenvalue weighted by Gasteiger charge is -2.50. The van der Waals surface area contributed by atoms with Crippen LogP contribution in [0.3, 0.4) is 0 Å². The van der Waals surface area contributed by atoms with Crippen LogP contribution in [0.4, 0.5) is 0 Å². The van der Waals surface area contributed by atoms with E-state index in [1.165, 1.54) is 0 Å². The van der Waals surface area contributed by atoms with Gasteiger partial charge in [-0.3, -0.25) is 4.79 Å². The lowest BCUT2D eigenvalue weighted by molar-refractivity contribution is -0.0858. The van der Waals surface area contributed by atoms with Gasteiger partial charge in [0, 0.05) is 17.6 Å². The molecule has 188 valence electrons. The Hall–Kier alpha value is -2.66. The lowest BCUT2D eigenvalue weighted by Crippen LogP contribution is -2.58. The number of aliphatic hydroxyl groups excluding tert-OH is 1. The third kappa shape index (κ3) is 4.63. The molecule has 5 rings (SSSR count). The molecule has 0 aromatic heterocycles. The molecule has 0 bridgehead atoms. The van der Waals surface area contributed by atoms with Gasteiger partial charge in [0.25, 0.3) is 5.91 Å². The van der Waals surface area contributed by atoms with Crippen LogP contribution in [0.5, 0.6) is 11.5 Å². The van der Waals surface area contributed by atoms with E-state index in [2.05, 4.69) is 4.72 Å². The summed E-state index contributed by atoms with van der Waals surface area (Å²) >= 11 is 0. The van der Waals surface area contributed by atoms with E-state index in [0.29, 0.717) is 54.2 Å². The maximum absolute atomic E-state index is 14.0. The summed E-state index contributed by atoms with van der Waals surface area (Å²) in [7, 11) is -3.52. The highest BCUT2D eigenvalue weighted by Crippen LogP contribution is 2.48. The number of hydrogen-bond acceptors (Lipinski definition) is 7. The van der Waals surface area contributed by atoms with Crippen LogP contribution in [0.15, 0.2) is 42.5 Å². The molecule has 9 nitrogen and oxygen atoms in total. The van der Waals surface area contributed by atoms with Gasteiger partial charge in [0.15, 0.2) is 17.8 Å². The van der Waals surface area contributed by atoms with Crippen LogP contribution in [0.1, 0.15) is 59.1 Å². The minimum atomic E-state index is -3.52. The fourth-order valence-electron chi connectivity index (χ4n) is 5.74. The molecule has 1 saturated carbocycles. The molecule has 2 aromatic rings. The number of carbonyl (C=O) groups is 1. The highest BCUT2D eigenvalue weighted by atomic mass is 32.2. The number of nitrogens with zero attached hydrogens (tertiary/aromatic N) is 1. The highest BCUT2D eigenvalue weighted by Gasteiger charge is 2.48. The maximum Gasteiger partial charge on any atom is 0.254 e. The Morgan fingerprint density at radius 3 is 2.49 bits per heavy atom. The molecule has 10 heteroatoms. The molecule has 4 unspecified atom stereocenters. The molecule has 0 radical (unpaired) electrons. The van der Waals surface area contributed by atoms with Crippen LogP contribution in [0, 0.1) is 0 Å². The molecule has 3 N–H and O–H groups in total. The predicted molar refractivity (Wildman–Crippen MR) is 128 cm³/mol. The number of benzene rings is 2. The molecule has 1 amide bonds. The zero-order valence-corrected chi connectivity index (χ0v) is 20.3. The molecule has 35 heavy (non-hydrogen) atoms. The largest absolute Gasteiger partial charge is 0.486 e. The van der Waals surface area contributed by atoms with E-state index < -0.39 is 40.4 Å². The van der Waals surface area contributed by atoms with Crippen LogP contribution in [0.25, 0.3) is 0 Å². The molecule has 3 aliphatic rings. The number of hydrogen-bond donors (Lipinski definition) is 3. The van der Waals surface area contributed by atoms with Crippen molar-refractivity contribution in [1.82, 2.24) is 9.62 Å². The maximum atomic E-state index is 14.0. The van der Waals surface area contributed by atoms with E-state index in [1.54, 1.807) is 41.3 Å². The Bertz CT molecular complexity index is 1220.